The Balaban J connectivity index is 1.97. The molecule has 3 rings (SSSR count). The molecule has 0 amide bonds. The van der Waals surface area contributed by atoms with E-state index in [4.69, 9.17) is 20.8 Å². The topological polar surface area (TPSA) is 56.5 Å². The molecule has 1 atom stereocenters. The third kappa shape index (κ3) is 2.44. The van der Waals surface area contributed by atoms with Crippen LogP contribution in [-0.4, -0.2) is 18.9 Å². The molecule has 0 aliphatic heterocycles. The molecular formula is C17H15ClO4. The highest BCUT2D eigenvalue weighted by molar-refractivity contribution is 6.30. The van der Waals surface area contributed by atoms with E-state index in [9.17, 15) is 9.59 Å². The van der Waals surface area contributed by atoms with Gasteiger partial charge in [-0.15, -0.1) is 0 Å². The van der Waals surface area contributed by atoms with Crippen molar-refractivity contribution in [2.75, 3.05) is 7.11 Å². The fraction of sp³-hybridized carbons (Fsp3) is 0.294. The van der Waals surface area contributed by atoms with Gasteiger partial charge < -0.3 is 9.15 Å². The Kier molecular flexibility index (Phi) is 3.79. The van der Waals surface area contributed by atoms with E-state index in [1.54, 1.807) is 6.92 Å². The first-order valence-electron chi connectivity index (χ1n) is 7.00. The van der Waals surface area contributed by atoms with Gasteiger partial charge in [-0.05, 0) is 30.5 Å². The van der Waals surface area contributed by atoms with Crippen LogP contribution in [0.3, 0.4) is 0 Å². The lowest BCUT2D eigenvalue weighted by Gasteiger charge is -2.21. The van der Waals surface area contributed by atoms with Gasteiger partial charge >= 0.3 is 5.97 Å². The van der Waals surface area contributed by atoms with Crippen molar-refractivity contribution in [3.05, 3.63) is 57.5 Å². The van der Waals surface area contributed by atoms with Gasteiger partial charge in [0.1, 0.15) is 5.76 Å². The van der Waals surface area contributed by atoms with Gasteiger partial charge in [-0.2, -0.15) is 0 Å². The highest BCUT2D eigenvalue weighted by Gasteiger charge is 2.34. The van der Waals surface area contributed by atoms with E-state index in [0.29, 0.717) is 34.8 Å². The van der Waals surface area contributed by atoms with Crippen molar-refractivity contribution in [2.24, 2.45) is 0 Å². The van der Waals surface area contributed by atoms with Crippen molar-refractivity contribution in [3.8, 4) is 0 Å². The first-order chi connectivity index (χ1) is 10.5. The number of ether oxygens (including phenoxy) is 1. The minimum atomic E-state index is -0.553. The number of esters is 1. The van der Waals surface area contributed by atoms with Crippen LogP contribution >= 0.6 is 11.6 Å². The Labute approximate surface area is 133 Å². The Morgan fingerprint density at radius 3 is 2.59 bits per heavy atom. The SMILES string of the molecule is COC(=O)c1oc2c(c1C)C(=O)C[C@@H](c1ccc(Cl)cc1)C2. The second kappa shape index (κ2) is 5.61. The number of halogens is 1. The fourth-order valence-corrected chi connectivity index (χ4v) is 3.09. The number of ketones is 1. The smallest absolute Gasteiger partial charge is 0.374 e. The van der Waals surface area contributed by atoms with Crippen LogP contribution in [0.25, 0.3) is 0 Å². The summed E-state index contributed by atoms with van der Waals surface area (Å²) in [7, 11) is 1.29. The Hall–Kier alpha value is -2.07. The molecule has 22 heavy (non-hydrogen) atoms. The van der Waals surface area contributed by atoms with Crippen LogP contribution in [0.2, 0.25) is 5.02 Å². The Morgan fingerprint density at radius 2 is 1.95 bits per heavy atom. The molecule has 1 aromatic heterocycles. The number of rotatable bonds is 2. The third-order valence-corrected chi connectivity index (χ3v) is 4.33. The van der Waals surface area contributed by atoms with Crippen molar-refractivity contribution in [1.82, 2.24) is 0 Å². The van der Waals surface area contributed by atoms with Gasteiger partial charge in [0.25, 0.3) is 0 Å². The summed E-state index contributed by atoms with van der Waals surface area (Å²) >= 11 is 5.90. The standard InChI is InChI=1S/C17H15ClO4/c1-9-15-13(19)7-11(10-3-5-12(18)6-4-10)8-14(15)22-16(9)17(20)21-2/h3-6,11H,7-8H2,1-2H3/t11-/m1/s1. The molecule has 0 fully saturated rings. The normalized spacial score (nSPS) is 17.2. The van der Waals surface area contributed by atoms with Gasteiger partial charge in [0, 0.05) is 23.4 Å². The predicted molar refractivity (Wildman–Crippen MR) is 81.6 cm³/mol. The molecule has 1 aromatic carbocycles. The monoisotopic (exact) mass is 318 g/mol. The van der Waals surface area contributed by atoms with Gasteiger partial charge in [-0.3, -0.25) is 4.79 Å². The van der Waals surface area contributed by atoms with Gasteiger partial charge in [0.2, 0.25) is 5.76 Å². The fourth-order valence-electron chi connectivity index (χ4n) is 2.96. The zero-order valence-corrected chi connectivity index (χ0v) is 13.1. The molecule has 1 heterocycles. The molecule has 5 heteroatoms. The summed E-state index contributed by atoms with van der Waals surface area (Å²) in [5, 5.41) is 0.661. The van der Waals surface area contributed by atoms with E-state index < -0.39 is 5.97 Å². The molecule has 4 nitrogen and oxygen atoms in total. The molecule has 0 N–H and O–H groups in total. The number of carbonyl (C=O) groups excluding carboxylic acids is 2. The maximum Gasteiger partial charge on any atom is 0.374 e. The number of furan rings is 1. The molecule has 0 unspecified atom stereocenters. The van der Waals surface area contributed by atoms with Crippen molar-refractivity contribution < 1.29 is 18.7 Å². The molecule has 114 valence electrons. The van der Waals surface area contributed by atoms with Gasteiger partial charge in [0.05, 0.1) is 12.7 Å². The zero-order valence-electron chi connectivity index (χ0n) is 12.3. The number of Topliss-reactive ketones (excluding diaryl/α,β-unsaturated/α-hetero) is 1. The average molecular weight is 319 g/mol. The number of carbonyl (C=O) groups is 2. The Morgan fingerprint density at radius 1 is 1.27 bits per heavy atom. The number of methoxy groups -OCH3 is 1. The predicted octanol–water partition coefficient (Wildman–Crippen LogP) is 3.94. The molecule has 1 aliphatic carbocycles. The molecule has 2 aromatic rings. The van der Waals surface area contributed by atoms with Crippen molar-refractivity contribution in [1.29, 1.82) is 0 Å². The van der Waals surface area contributed by atoms with Crippen molar-refractivity contribution >= 4 is 23.4 Å². The van der Waals surface area contributed by atoms with E-state index in [2.05, 4.69) is 0 Å². The molecular weight excluding hydrogens is 304 g/mol. The number of fused-ring (bicyclic) bond motifs is 1. The molecule has 0 saturated heterocycles. The van der Waals surface area contributed by atoms with Crippen molar-refractivity contribution in [3.63, 3.8) is 0 Å². The van der Waals surface area contributed by atoms with Crippen LogP contribution in [0.1, 0.15) is 50.1 Å². The summed E-state index contributed by atoms with van der Waals surface area (Å²) in [6, 6.07) is 7.46. The van der Waals surface area contributed by atoms with Gasteiger partial charge in [0.15, 0.2) is 5.78 Å². The summed E-state index contributed by atoms with van der Waals surface area (Å²) in [5.41, 5.74) is 2.14. The number of hydrogen-bond acceptors (Lipinski definition) is 4. The summed E-state index contributed by atoms with van der Waals surface area (Å²) in [5.74, 6) is 0.167. The highest BCUT2D eigenvalue weighted by Crippen LogP contribution is 2.37. The molecule has 0 spiro atoms. The van der Waals surface area contributed by atoms with E-state index >= 15 is 0 Å². The maximum atomic E-state index is 12.4. The molecule has 0 saturated carbocycles. The quantitative estimate of drug-likeness (QED) is 0.787. The van der Waals surface area contributed by atoms with Crippen molar-refractivity contribution in [2.45, 2.75) is 25.7 Å². The van der Waals surface area contributed by atoms with Gasteiger partial charge in [-0.25, -0.2) is 4.79 Å². The van der Waals surface area contributed by atoms with E-state index in [-0.39, 0.29) is 17.5 Å². The minimum absolute atomic E-state index is 0.00222. The van der Waals surface area contributed by atoms with Crippen LogP contribution in [-0.2, 0) is 11.2 Å². The average Bonchev–Trinajstić information content (AvgIpc) is 2.84. The van der Waals surface area contributed by atoms with Crippen LogP contribution in [0.15, 0.2) is 28.7 Å². The molecule has 1 aliphatic rings. The largest absolute Gasteiger partial charge is 0.463 e. The van der Waals surface area contributed by atoms with Crippen LogP contribution in [0.4, 0.5) is 0 Å². The lowest BCUT2D eigenvalue weighted by atomic mass is 9.82. The number of benzene rings is 1. The molecule has 0 bridgehead atoms. The van der Waals surface area contributed by atoms with E-state index in [0.717, 1.165) is 5.56 Å². The number of hydrogen-bond donors (Lipinski definition) is 0. The first kappa shape index (κ1) is 14.9. The lowest BCUT2D eigenvalue weighted by molar-refractivity contribution is 0.0561. The third-order valence-electron chi connectivity index (χ3n) is 4.07. The second-order valence-corrected chi connectivity index (χ2v) is 5.86. The summed E-state index contributed by atoms with van der Waals surface area (Å²) in [4.78, 5) is 24.1. The second-order valence-electron chi connectivity index (χ2n) is 5.43. The maximum absolute atomic E-state index is 12.4. The zero-order chi connectivity index (χ0) is 15.9. The van der Waals surface area contributed by atoms with Gasteiger partial charge in [-0.1, -0.05) is 23.7 Å². The summed E-state index contributed by atoms with van der Waals surface area (Å²) < 4.78 is 10.3. The molecule has 0 radical (unpaired) electrons. The van der Waals surface area contributed by atoms with E-state index in [1.165, 1.54) is 7.11 Å². The summed E-state index contributed by atoms with van der Waals surface area (Å²) in [6.45, 7) is 1.72. The summed E-state index contributed by atoms with van der Waals surface area (Å²) in [6.07, 6.45) is 0.982. The minimum Gasteiger partial charge on any atom is -0.463 e. The highest BCUT2D eigenvalue weighted by atomic mass is 35.5. The first-order valence-corrected chi connectivity index (χ1v) is 7.38. The van der Waals surface area contributed by atoms with Crippen LogP contribution < -0.4 is 0 Å². The Bertz CT molecular complexity index is 743. The van der Waals surface area contributed by atoms with Crippen LogP contribution in [0.5, 0.6) is 0 Å². The lowest BCUT2D eigenvalue weighted by Crippen LogP contribution is -2.18. The van der Waals surface area contributed by atoms with E-state index in [1.807, 2.05) is 24.3 Å². The van der Waals surface area contributed by atoms with Crippen LogP contribution in [0, 0.1) is 6.92 Å².